The molecule has 0 radical (unpaired) electrons. The molecule has 5 rings (SSSR count). The first-order valence-electron chi connectivity index (χ1n) is 8.87. The highest BCUT2D eigenvalue weighted by atomic mass is 35.5. The van der Waals surface area contributed by atoms with Crippen LogP contribution in [0.1, 0.15) is 33.7 Å². The number of aromatic amines is 1. The van der Waals surface area contributed by atoms with Gasteiger partial charge >= 0.3 is 0 Å². The minimum atomic E-state index is -0.390. The van der Waals surface area contributed by atoms with E-state index < -0.39 is 0 Å². The first kappa shape index (κ1) is 16.9. The summed E-state index contributed by atoms with van der Waals surface area (Å²) in [6.45, 7) is 0.500. The lowest BCUT2D eigenvalue weighted by molar-refractivity contribution is 0.0669. The second-order valence-electron chi connectivity index (χ2n) is 6.67. The SMILES string of the molecule is Cn1nc(Cl)nc1C(=O)N1CCc2nc[nH]c2[C@@H]1c1ccc2ccccc2n1. The molecule has 0 saturated carbocycles. The highest BCUT2D eigenvalue weighted by Gasteiger charge is 2.37. The molecule has 1 aliphatic heterocycles. The number of aryl methyl sites for hydroxylation is 1. The molecule has 4 heterocycles. The van der Waals surface area contributed by atoms with Crippen LogP contribution in [0.15, 0.2) is 42.7 Å². The van der Waals surface area contributed by atoms with E-state index in [1.165, 1.54) is 4.68 Å². The smallest absolute Gasteiger partial charge is 0.292 e. The Balaban J connectivity index is 1.64. The lowest BCUT2D eigenvalue weighted by atomic mass is 9.98. The van der Waals surface area contributed by atoms with Gasteiger partial charge in [-0.3, -0.25) is 9.78 Å². The van der Waals surface area contributed by atoms with Crippen LogP contribution in [0.3, 0.4) is 0 Å². The number of H-pyrrole nitrogens is 1. The van der Waals surface area contributed by atoms with E-state index in [-0.39, 0.29) is 23.1 Å². The van der Waals surface area contributed by atoms with Crippen LogP contribution in [-0.4, -0.2) is 47.1 Å². The van der Waals surface area contributed by atoms with Gasteiger partial charge in [0.25, 0.3) is 5.91 Å². The molecule has 1 atom stereocenters. The van der Waals surface area contributed by atoms with Crippen molar-refractivity contribution in [2.45, 2.75) is 12.5 Å². The number of rotatable bonds is 2. The van der Waals surface area contributed by atoms with Gasteiger partial charge < -0.3 is 9.88 Å². The van der Waals surface area contributed by atoms with Gasteiger partial charge in [-0.1, -0.05) is 24.3 Å². The average molecular weight is 394 g/mol. The maximum Gasteiger partial charge on any atom is 0.292 e. The number of halogens is 1. The van der Waals surface area contributed by atoms with Gasteiger partial charge in [-0.05, 0) is 23.7 Å². The molecule has 4 aromatic rings. The molecule has 1 N–H and O–H groups in total. The Bertz CT molecular complexity index is 1200. The van der Waals surface area contributed by atoms with E-state index >= 15 is 0 Å². The summed E-state index contributed by atoms with van der Waals surface area (Å²) >= 11 is 5.89. The minimum Gasteiger partial charge on any atom is -0.346 e. The van der Waals surface area contributed by atoms with Gasteiger partial charge in [-0.2, -0.15) is 4.98 Å². The molecular formula is C19H16ClN7O. The Morgan fingerprint density at radius 3 is 2.89 bits per heavy atom. The van der Waals surface area contributed by atoms with Crippen molar-refractivity contribution < 1.29 is 4.79 Å². The number of amides is 1. The Hall–Kier alpha value is -3.26. The first-order valence-corrected chi connectivity index (χ1v) is 9.25. The average Bonchev–Trinajstić information content (AvgIpc) is 3.32. The van der Waals surface area contributed by atoms with Crippen LogP contribution in [0.5, 0.6) is 0 Å². The zero-order valence-electron chi connectivity index (χ0n) is 15.0. The predicted octanol–water partition coefficient (Wildman–Crippen LogP) is 2.53. The number of nitrogens with one attached hydrogen (secondary N) is 1. The molecule has 0 spiro atoms. The summed E-state index contributed by atoms with van der Waals surface area (Å²) in [6.07, 6.45) is 2.31. The van der Waals surface area contributed by atoms with Crippen molar-refractivity contribution in [1.29, 1.82) is 0 Å². The Kier molecular flexibility index (Phi) is 3.87. The number of hydrogen-bond acceptors (Lipinski definition) is 5. The Morgan fingerprint density at radius 1 is 1.21 bits per heavy atom. The highest BCUT2D eigenvalue weighted by Crippen LogP contribution is 2.34. The summed E-state index contributed by atoms with van der Waals surface area (Å²) in [4.78, 5) is 31.6. The van der Waals surface area contributed by atoms with Crippen molar-refractivity contribution in [2.75, 3.05) is 6.54 Å². The second-order valence-corrected chi connectivity index (χ2v) is 7.01. The van der Waals surface area contributed by atoms with Crippen molar-refractivity contribution in [1.82, 2.24) is 34.6 Å². The van der Waals surface area contributed by atoms with Crippen molar-refractivity contribution in [3.05, 3.63) is 70.9 Å². The number of carbonyl (C=O) groups is 1. The van der Waals surface area contributed by atoms with Gasteiger partial charge in [0.1, 0.15) is 6.04 Å². The predicted molar refractivity (Wildman–Crippen MR) is 103 cm³/mol. The molecule has 0 saturated heterocycles. The van der Waals surface area contributed by atoms with Crippen LogP contribution in [0.25, 0.3) is 10.9 Å². The third-order valence-electron chi connectivity index (χ3n) is 5.02. The summed E-state index contributed by atoms with van der Waals surface area (Å²) in [7, 11) is 1.65. The molecular weight excluding hydrogens is 378 g/mol. The zero-order chi connectivity index (χ0) is 19.3. The summed E-state index contributed by atoms with van der Waals surface area (Å²) in [5.41, 5.74) is 3.46. The quantitative estimate of drug-likeness (QED) is 0.565. The van der Waals surface area contributed by atoms with E-state index in [0.29, 0.717) is 13.0 Å². The van der Waals surface area contributed by atoms with E-state index in [4.69, 9.17) is 16.6 Å². The monoisotopic (exact) mass is 393 g/mol. The third kappa shape index (κ3) is 2.65. The fraction of sp³-hybridized carbons (Fsp3) is 0.211. The standard InChI is InChI=1S/C19H16ClN7O/c1-26-17(24-19(20)25-26)18(28)27-9-8-13-15(22-10-21-13)16(27)14-7-6-11-4-2-3-5-12(11)23-14/h2-7,10,16H,8-9H2,1H3,(H,21,22)/t16-/m0/s1. The van der Waals surface area contributed by atoms with Crippen molar-refractivity contribution in [3.63, 3.8) is 0 Å². The number of imidazole rings is 1. The Morgan fingerprint density at radius 2 is 2.07 bits per heavy atom. The van der Waals surface area contributed by atoms with Gasteiger partial charge in [-0.25, -0.2) is 9.67 Å². The molecule has 28 heavy (non-hydrogen) atoms. The van der Waals surface area contributed by atoms with Crippen molar-refractivity contribution in [2.24, 2.45) is 7.05 Å². The van der Waals surface area contributed by atoms with Crippen LogP contribution in [0.4, 0.5) is 0 Å². The number of nitrogens with zero attached hydrogens (tertiary/aromatic N) is 6. The maximum atomic E-state index is 13.3. The third-order valence-corrected chi connectivity index (χ3v) is 5.18. The number of para-hydroxylation sites is 1. The van der Waals surface area contributed by atoms with E-state index in [2.05, 4.69) is 20.1 Å². The first-order chi connectivity index (χ1) is 13.6. The van der Waals surface area contributed by atoms with Crippen LogP contribution in [0.2, 0.25) is 5.28 Å². The molecule has 1 amide bonds. The molecule has 0 bridgehead atoms. The molecule has 9 heteroatoms. The summed E-state index contributed by atoms with van der Waals surface area (Å²) in [6, 6.07) is 11.5. The van der Waals surface area contributed by atoms with Crippen LogP contribution < -0.4 is 0 Å². The molecule has 0 fully saturated rings. The number of carbonyl (C=O) groups excluding carboxylic acids is 1. The topological polar surface area (TPSA) is 92.6 Å². The number of pyridine rings is 1. The lowest BCUT2D eigenvalue weighted by Gasteiger charge is -2.34. The van der Waals surface area contributed by atoms with Gasteiger partial charge in [0.05, 0.1) is 28.9 Å². The molecule has 1 aliphatic rings. The van der Waals surface area contributed by atoms with Crippen LogP contribution in [0, 0.1) is 0 Å². The minimum absolute atomic E-state index is 0.0467. The number of hydrogen-bond donors (Lipinski definition) is 1. The molecule has 0 aliphatic carbocycles. The molecule has 0 unspecified atom stereocenters. The summed E-state index contributed by atoms with van der Waals surface area (Å²) < 4.78 is 1.40. The van der Waals surface area contributed by atoms with Crippen LogP contribution in [-0.2, 0) is 13.5 Å². The zero-order valence-corrected chi connectivity index (χ0v) is 15.8. The maximum absolute atomic E-state index is 13.3. The number of aromatic nitrogens is 6. The van der Waals surface area contributed by atoms with Crippen molar-refractivity contribution >= 4 is 28.4 Å². The number of benzene rings is 1. The van der Waals surface area contributed by atoms with Gasteiger partial charge in [-0.15, -0.1) is 5.10 Å². The van der Waals surface area contributed by atoms with E-state index in [1.54, 1.807) is 18.3 Å². The van der Waals surface area contributed by atoms with E-state index in [1.807, 2.05) is 36.4 Å². The fourth-order valence-electron chi connectivity index (χ4n) is 3.71. The molecule has 140 valence electrons. The largest absolute Gasteiger partial charge is 0.346 e. The van der Waals surface area contributed by atoms with Crippen LogP contribution >= 0.6 is 11.6 Å². The molecule has 1 aromatic carbocycles. The number of fused-ring (bicyclic) bond motifs is 2. The summed E-state index contributed by atoms with van der Waals surface area (Å²) in [5, 5.41) is 5.08. The second kappa shape index (κ2) is 6.42. The van der Waals surface area contributed by atoms with Gasteiger partial charge in [0.15, 0.2) is 0 Å². The Labute approximate surface area is 165 Å². The fourth-order valence-corrected chi connectivity index (χ4v) is 3.90. The highest BCUT2D eigenvalue weighted by molar-refractivity contribution is 6.28. The lowest BCUT2D eigenvalue weighted by Crippen LogP contribution is -2.42. The van der Waals surface area contributed by atoms with Crippen molar-refractivity contribution in [3.8, 4) is 0 Å². The molecule has 3 aromatic heterocycles. The van der Waals surface area contributed by atoms with Gasteiger partial charge in [0.2, 0.25) is 11.1 Å². The molecule has 8 nitrogen and oxygen atoms in total. The summed E-state index contributed by atoms with van der Waals surface area (Å²) in [5.74, 6) is -0.0548. The van der Waals surface area contributed by atoms with E-state index in [9.17, 15) is 4.79 Å². The van der Waals surface area contributed by atoms with E-state index in [0.717, 1.165) is 28.0 Å². The normalized spacial score (nSPS) is 16.4. The van der Waals surface area contributed by atoms with Gasteiger partial charge in [0, 0.05) is 25.4 Å².